The summed E-state index contributed by atoms with van der Waals surface area (Å²) in [6.07, 6.45) is 0. The largest absolute Gasteiger partial charge is 0.377 e. The van der Waals surface area contributed by atoms with Gasteiger partial charge in [0.1, 0.15) is 5.82 Å². The van der Waals surface area contributed by atoms with Crippen molar-refractivity contribution in [1.82, 2.24) is 4.98 Å². The molecule has 0 atom stereocenters. The Bertz CT molecular complexity index is 550. The number of rotatable bonds is 2. The lowest BCUT2D eigenvalue weighted by molar-refractivity contribution is 1.07. The summed E-state index contributed by atoms with van der Waals surface area (Å²) in [5.41, 5.74) is 2.09. The first-order valence-electron chi connectivity index (χ1n) is 5.44. The molecule has 4 heteroatoms. The van der Waals surface area contributed by atoms with E-state index in [-0.39, 0.29) is 0 Å². The molecular formula is C13H16ClN3. The summed E-state index contributed by atoms with van der Waals surface area (Å²) in [7, 11) is 8.03. The summed E-state index contributed by atoms with van der Waals surface area (Å²) in [6, 6.07) is 7.85. The van der Waals surface area contributed by atoms with Crippen molar-refractivity contribution in [2.75, 3.05) is 38.0 Å². The molecule has 1 aromatic heterocycles. The van der Waals surface area contributed by atoms with Gasteiger partial charge in [0.2, 0.25) is 0 Å². The van der Waals surface area contributed by atoms with Gasteiger partial charge in [0, 0.05) is 50.4 Å². The van der Waals surface area contributed by atoms with Gasteiger partial charge in [-0.15, -0.1) is 0 Å². The van der Waals surface area contributed by atoms with Crippen LogP contribution in [0.15, 0.2) is 24.3 Å². The first-order chi connectivity index (χ1) is 7.99. The van der Waals surface area contributed by atoms with Gasteiger partial charge in [-0.1, -0.05) is 11.6 Å². The maximum absolute atomic E-state index is 6.04. The van der Waals surface area contributed by atoms with Gasteiger partial charge in [-0.05, 0) is 18.2 Å². The molecule has 0 aliphatic carbocycles. The molecule has 2 aromatic rings. The first kappa shape index (κ1) is 12.0. The van der Waals surface area contributed by atoms with Gasteiger partial charge in [-0.25, -0.2) is 4.98 Å². The van der Waals surface area contributed by atoms with E-state index in [2.05, 4.69) is 16.0 Å². The predicted molar refractivity (Wildman–Crippen MR) is 75.4 cm³/mol. The lowest BCUT2D eigenvalue weighted by Crippen LogP contribution is -2.14. The minimum absolute atomic E-state index is 0.736. The predicted octanol–water partition coefficient (Wildman–Crippen LogP) is 3.02. The van der Waals surface area contributed by atoms with Crippen LogP contribution in [0, 0.1) is 0 Å². The highest BCUT2D eigenvalue weighted by molar-refractivity contribution is 6.31. The normalized spacial score (nSPS) is 10.6. The number of benzene rings is 1. The van der Waals surface area contributed by atoms with E-state index in [0.717, 1.165) is 27.4 Å². The first-order valence-corrected chi connectivity index (χ1v) is 5.82. The van der Waals surface area contributed by atoms with E-state index < -0.39 is 0 Å². The Labute approximate surface area is 107 Å². The van der Waals surface area contributed by atoms with Gasteiger partial charge in [0.05, 0.1) is 5.52 Å². The van der Waals surface area contributed by atoms with E-state index in [9.17, 15) is 0 Å². The molecule has 0 saturated heterocycles. The highest BCUT2D eigenvalue weighted by Gasteiger charge is 2.09. The van der Waals surface area contributed by atoms with Crippen LogP contribution < -0.4 is 9.80 Å². The van der Waals surface area contributed by atoms with Crippen LogP contribution >= 0.6 is 11.6 Å². The minimum Gasteiger partial charge on any atom is -0.377 e. The Kier molecular flexibility index (Phi) is 3.11. The van der Waals surface area contributed by atoms with Crippen molar-refractivity contribution >= 4 is 34.0 Å². The molecule has 90 valence electrons. The highest BCUT2D eigenvalue weighted by Crippen LogP contribution is 2.30. The van der Waals surface area contributed by atoms with E-state index in [4.69, 9.17) is 11.6 Å². The highest BCUT2D eigenvalue weighted by atomic mass is 35.5. The summed E-state index contributed by atoms with van der Waals surface area (Å²) in [5, 5.41) is 1.81. The number of anilines is 2. The molecule has 0 unspecified atom stereocenters. The van der Waals surface area contributed by atoms with E-state index in [0.29, 0.717) is 0 Å². The van der Waals surface area contributed by atoms with Gasteiger partial charge in [0.25, 0.3) is 0 Å². The van der Waals surface area contributed by atoms with Gasteiger partial charge in [-0.3, -0.25) is 0 Å². The summed E-state index contributed by atoms with van der Waals surface area (Å²) in [4.78, 5) is 8.68. The van der Waals surface area contributed by atoms with Crippen LogP contribution in [0.2, 0.25) is 5.02 Å². The van der Waals surface area contributed by atoms with Gasteiger partial charge < -0.3 is 9.80 Å². The number of aromatic nitrogens is 1. The average Bonchev–Trinajstić information content (AvgIpc) is 2.27. The van der Waals surface area contributed by atoms with Crippen molar-refractivity contribution in [1.29, 1.82) is 0 Å². The molecule has 0 spiro atoms. The van der Waals surface area contributed by atoms with E-state index in [1.165, 1.54) is 0 Å². The zero-order valence-corrected chi connectivity index (χ0v) is 11.3. The third-order valence-electron chi connectivity index (χ3n) is 2.68. The Morgan fingerprint density at radius 1 is 1.00 bits per heavy atom. The lowest BCUT2D eigenvalue weighted by Gasteiger charge is -2.19. The Morgan fingerprint density at radius 2 is 1.71 bits per heavy atom. The molecule has 0 fully saturated rings. The van der Waals surface area contributed by atoms with Crippen LogP contribution in [0.25, 0.3) is 10.9 Å². The second kappa shape index (κ2) is 4.41. The quantitative estimate of drug-likeness (QED) is 0.816. The van der Waals surface area contributed by atoms with Crippen LogP contribution in [-0.2, 0) is 0 Å². The van der Waals surface area contributed by atoms with Crippen molar-refractivity contribution in [2.45, 2.75) is 0 Å². The van der Waals surface area contributed by atoms with Crippen LogP contribution in [0.3, 0.4) is 0 Å². The minimum atomic E-state index is 0.736. The maximum Gasteiger partial charge on any atom is 0.130 e. The van der Waals surface area contributed by atoms with Crippen LogP contribution in [-0.4, -0.2) is 33.2 Å². The van der Waals surface area contributed by atoms with Crippen LogP contribution in [0.1, 0.15) is 0 Å². The third-order valence-corrected chi connectivity index (χ3v) is 2.91. The second-order valence-electron chi connectivity index (χ2n) is 4.45. The van der Waals surface area contributed by atoms with Crippen LogP contribution in [0.4, 0.5) is 11.5 Å². The fraction of sp³-hybridized carbons (Fsp3) is 0.308. The fourth-order valence-electron chi connectivity index (χ4n) is 1.77. The summed E-state index contributed by atoms with van der Waals surface area (Å²) in [6.45, 7) is 0. The molecule has 1 aromatic carbocycles. The smallest absolute Gasteiger partial charge is 0.130 e. The molecule has 0 amide bonds. The Hall–Kier alpha value is -1.48. The maximum atomic E-state index is 6.04. The van der Waals surface area contributed by atoms with E-state index in [1.54, 1.807) is 0 Å². The number of hydrogen-bond acceptors (Lipinski definition) is 3. The van der Waals surface area contributed by atoms with Gasteiger partial charge in [0.15, 0.2) is 0 Å². The summed E-state index contributed by atoms with van der Waals surface area (Å²) < 4.78 is 0. The summed E-state index contributed by atoms with van der Waals surface area (Å²) >= 11 is 6.04. The summed E-state index contributed by atoms with van der Waals surface area (Å²) in [5.74, 6) is 0.948. The fourth-order valence-corrected chi connectivity index (χ4v) is 1.94. The van der Waals surface area contributed by atoms with Gasteiger partial charge in [-0.2, -0.15) is 0 Å². The van der Waals surface area contributed by atoms with Crippen molar-refractivity contribution in [2.24, 2.45) is 0 Å². The zero-order chi connectivity index (χ0) is 12.6. The third kappa shape index (κ3) is 2.29. The van der Waals surface area contributed by atoms with Crippen molar-refractivity contribution in [3.8, 4) is 0 Å². The molecule has 1 heterocycles. The topological polar surface area (TPSA) is 19.4 Å². The molecule has 17 heavy (non-hydrogen) atoms. The van der Waals surface area contributed by atoms with Gasteiger partial charge >= 0.3 is 0 Å². The molecule has 2 rings (SSSR count). The second-order valence-corrected chi connectivity index (χ2v) is 4.89. The molecule has 3 nitrogen and oxygen atoms in total. The SMILES string of the molecule is CN(C)c1cc(N(C)C)c2cc(Cl)ccc2n1. The lowest BCUT2D eigenvalue weighted by atomic mass is 10.1. The Balaban J connectivity index is 2.76. The number of pyridine rings is 1. The Morgan fingerprint density at radius 3 is 2.29 bits per heavy atom. The molecule has 0 saturated carbocycles. The van der Waals surface area contributed by atoms with Crippen molar-refractivity contribution in [3.05, 3.63) is 29.3 Å². The average molecular weight is 250 g/mol. The number of hydrogen-bond donors (Lipinski definition) is 0. The molecule has 0 aliphatic heterocycles. The molecule has 0 radical (unpaired) electrons. The number of nitrogens with zero attached hydrogens (tertiary/aromatic N) is 3. The van der Waals surface area contributed by atoms with Crippen molar-refractivity contribution in [3.63, 3.8) is 0 Å². The molecular weight excluding hydrogens is 234 g/mol. The standard InChI is InChI=1S/C13H16ClN3/c1-16(2)12-8-13(17(3)4)15-11-6-5-9(14)7-10(11)12/h5-8H,1-4H3. The number of fused-ring (bicyclic) bond motifs is 1. The molecule has 0 aliphatic rings. The molecule has 0 N–H and O–H groups in total. The van der Waals surface area contributed by atoms with Crippen LogP contribution in [0.5, 0.6) is 0 Å². The zero-order valence-electron chi connectivity index (χ0n) is 10.5. The number of halogens is 1. The van der Waals surface area contributed by atoms with E-state index in [1.807, 2.05) is 51.3 Å². The molecule has 0 bridgehead atoms. The van der Waals surface area contributed by atoms with E-state index >= 15 is 0 Å². The van der Waals surface area contributed by atoms with Crippen molar-refractivity contribution < 1.29 is 0 Å². The monoisotopic (exact) mass is 249 g/mol.